The molecule has 1 rings (SSSR count). The van der Waals surface area contributed by atoms with E-state index in [2.05, 4.69) is 5.92 Å². The van der Waals surface area contributed by atoms with Crippen molar-refractivity contribution in [3.05, 3.63) is 0 Å². The second kappa shape index (κ2) is 3.72. The Labute approximate surface area is 66.6 Å². The van der Waals surface area contributed by atoms with Gasteiger partial charge in [-0.3, -0.25) is 4.90 Å². The molecule has 1 saturated heterocycles. The zero-order valence-corrected chi connectivity index (χ0v) is 6.40. The Morgan fingerprint density at radius 1 is 1.45 bits per heavy atom. The summed E-state index contributed by atoms with van der Waals surface area (Å²) in [5.74, 6) is 2.51. The first-order valence-corrected chi connectivity index (χ1v) is 3.76. The number of aliphatic hydroxyl groups excluding tert-OH is 2. The number of piperidine rings is 1. The Morgan fingerprint density at radius 3 is 2.73 bits per heavy atom. The third-order valence-electron chi connectivity index (χ3n) is 1.95. The van der Waals surface area contributed by atoms with Crippen LogP contribution in [0.4, 0.5) is 0 Å². The van der Waals surface area contributed by atoms with E-state index < -0.39 is 12.2 Å². The van der Waals surface area contributed by atoms with Crippen LogP contribution in [0.3, 0.4) is 0 Å². The zero-order chi connectivity index (χ0) is 8.27. The number of nitrogens with zero attached hydrogens (tertiary/aromatic N) is 1. The predicted molar refractivity (Wildman–Crippen MR) is 41.9 cm³/mol. The van der Waals surface area contributed by atoms with Gasteiger partial charge in [0.15, 0.2) is 0 Å². The molecule has 0 aliphatic carbocycles. The average Bonchev–Trinajstić information content (AvgIpc) is 1.98. The molecule has 0 unspecified atom stereocenters. The van der Waals surface area contributed by atoms with Crippen LogP contribution in [-0.4, -0.2) is 47.0 Å². The topological polar surface area (TPSA) is 43.7 Å². The monoisotopic (exact) mass is 155 g/mol. The summed E-state index contributed by atoms with van der Waals surface area (Å²) in [7, 11) is 0. The third kappa shape index (κ3) is 2.19. The quantitative estimate of drug-likeness (QED) is 0.480. The van der Waals surface area contributed by atoms with Gasteiger partial charge in [-0.2, -0.15) is 0 Å². The van der Waals surface area contributed by atoms with Gasteiger partial charge in [-0.1, -0.05) is 5.92 Å². The van der Waals surface area contributed by atoms with E-state index in [0.29, 0.717) is 19.5 Å². The second-order valence-corrected chi connectivity index (χ2v) is 2.86. The minimum atomic E-state index is -0.628. The van der Waals surface area contributed by atoms with Crippen LogP contribution >= 0.6 is 0 Å². The largest absolute Gasteiger partial charge is 0.390 e. The number of rotatable bonds is 1. The molecule has 3 heteroatoms. The number of terminal acetylenes is 1. The molecule has 62 valence electrons. The van der Waals surface area contributed by atoms with Gasteiger partial charge in [-0.25, -0.2) is 0 Å². The molecular formula is C8H13NO2. The molecule has 1 heterocycles. The maximum absolute atomic E-state index is 9.21. The molecule has 0 aromatic rings. The molecule has 2 atom stereocenters. The number of hydrogen-bond acceptors (Lipinski definition) is 3. The number of β-amino-alcohol motifs (C(OH)–C–C–N with tert-alkyl or cyclic N) is 1. The van der Waals surface area contributed by atoms with Crippen molar-refractivity contribution < 1.29 is 10.2 Å². The first kappa shape index (κ1) is 8.54. The van der Waals surface area contributed by atoms with Gasteiger partial charge in [0.2, 0.25) is 0 Å². The molecule has 1 fully saturated rings. The van der Waals surface area contributed by atoms with Crippen LogP contribution in [0.15, 0.2) is 0 Å². The molecule has 11 heavy (non-hydrogen) atoms. The lowest BCUT2D eigenvalue weighted by Gasteiger charge is -2.31. The van der Waals surface area contributed by atoms with Crippen molar-refractivity contribution in [1.29, 1.82) is 0 Å². The van der Waals surface area contributed by atoms with Crippen LogP contribution in [0.1, 0.15) is 6.42 Å². The van der Waals surface area contributed by atoms with Gasteiger partial charge in [0.05, 0.1) is 18.8 Å². The highest BCUT2D eigenvalue weighted by molar-refractivity contribution is 4.91. The lowest BCUT2D eigenvalue weighted by Crippen LogP contribution is -2.46. The van der Waals surface area contributed by atoms with E-state index >= 15 is 0 Å². The Bertz CT molecular complexity index is 164. The van der Waals surface area contributed by atoms with E-state index in [4.69, 9.17) is 11.5 Å². The van der Waals surface area contributed by atoms with Crippen molar-refractivity contribution in [1.82, 2.24) is 4.90 Å². The molecule has 0 aromatic heterocycles. The minimum Gasteiger partial charge on any atom is -0.390 e. The summed E-state index contributed by atoms with van der Waals surface area (Å²) in [6.07, 6.45) is 4.52. The fourth-order valence-electron chi connectivity index (χ4n) is 1.26. The van der Waals surface area contributed by atoms with E-state index in [1.54, 1.807) is 0 Å². The molecule has 0 saturated carbocycles. The minimum absolute atomic E-state index is 0.491. The molecule has 0 aromatic carbocycles. The zero-order valence-electron chi connectivity index (χ0n) is 6.40. The molecule has 0 radical (unpaired) electrons. The van der Waals surface area contributed by atoms with Gasteiger partial charge < -0.3 is 10.2 Å². The Kier molecular flexibility index (Phi) is 2.89. The van der Waals surface area contributed by atoms with E-state index in [9.17, 15) is 5.11 Å². The van der Waals surface area contributed by atoms with Crippen molar-refractivity contribution in [3.63, 3.8) is 0 Å². The lowest BCUT2D eigenvalue weighted by atomic mass is 10.1. The molecule has 1 aliphatic rings. The standard InChI is InChI=1S/C8H13NO2/c1-2-4-9-5-3-7(10)8(11)6-9/h1,7-8,10-11H,3-6H2/t7-,8+/m1/s1. The van der Waals surface area contributed by atoms with E-state index in [0.717, 1.165) is 6.54 Å². The smallest absolute Gasteiger partial charge is 0.0926 e. The van der Waals surface area contributed by atoms with Crippen molar-refractivity contribution in [3.8, 4) is 12.3 Å². The molecule has 0 amide bonds. The fraction of sp³-hybridized carbons (Fsp3) is 0.750. The van der Waals surface area contributed by atoms with Crippen LogP contribution < -0.4 is 0 Å². The number of likely N-dealkylation sites (tertiary alicyclic amines) is 1. The summed E-state index contributed by atoms with van der Waals surface area (Å²) in [5.41, 5.74) is 0. The first-order chi connectivity index (χ1) is 5.24. The molecule has 1 aliphatic heterocycles. The van der Waals surface area contributed by atoms with Gasteiger partial charge in [-0.05, 0) is 6.42 Å². The average molecular weight is 155 g/mol. The van der Waals surface area contributed by atoms with Crippen LogP contribution in [0.5, 0.6) is 0 Å². The highest BCUT2D eigenvalue weighted by Crippen LogP contribution is 2.09. The molecule has 3 nitrogen and oxygen atoms in total. The van der Waals surface area contributed by atoms with Crippen LogP contribution in [0.2, 0.25) is 0 Å². The molecular weight excluding hydrogens is 142 g/mol. The maximum Gasteiger partial charge on any atom is 0.0926 e. The van der Waals surface area contributed by atoms with Crippen LogP contribution in [-0.2, 0) is 0 Å². The van der Waals surface area contributed by atoms with Gasteiger partial charge in [-0.15, -0.1) is 6.42 Å². The van der Waals surface area contributed by atoms with Crippen molar-refractivity contribution in [2.24, 2.45) is 0 Å². The van der Waals surface area contributed by atoms with Gasteiger partial charge >= 0.3 is 0 Å². The Morgan fingerprint density at radius 2 is 2.18 bits per heavy atom. The summed E-state index contributed by atoms with van der Waals surface area (Å²) in [6.45, 7) is 1.83. The predicted octanol–water partition coefficient (Wildman–Crippen LogP) is -0.953. The maximum atomic E-state index is 9.21. The normalized spacial score (nSPS) is 33.2. The van der Waals surface area contributed by atoms with Gasteiger partial charge in [0.1, 0.15) is 0 Å². The van der Waals surface area contributed by atoms with E-state index in [-0.39, 0.29) is 0 Å². The molecule has 0 bridgehead atoms. The first-order valence-electron chi connectivity index (χ1n) is 3.76. The molecule has 0 spiro atoms. The summed E-state index contributed by atoms with van der Waals surface area (Å²) >= 11 is 0. The summed E-state index contributed by atoms with van der Waals surface area (Å²) < 4.78 is 0. The highest BCUT2D eigenvalue weighted by Gasteiger charge is 2.24. The lowest BCUT2D eigenvalue weighted by molar-refractivity contribution is -0.0349. The summed E-state index contributed by atoms with van der Waals surface area (Å²) in [6, 6.07) is 0. The van der Waals surface area contributed by atoms with Crippen molar-refractivity contribution in [2.45, 2.75) is 18.6 Å². The second-order valence-electron chi connectivity index (χ2n) is 2.86. The number of hydrogen-bond donors (Lipinski definition) is 2. The SMILES string of the molecule is C#CCN1CC[C@@H](O)[C@@H](O)C1. The van der Waals surface area contributed by atoms with E-state index in [1.807, 2.05) is 4.90 Å². The number of aliphatic hydroxyl groups is 2. The highest BCUT2D eigenvalue weighted by atomic mass is 16.3. The third-order valence-corrected chi connectivity index (χ3v) is 1.95. The Balaban J connectivity index is 2.35. The van der Waals surface area contributed by atoms with Gasteiger partial charge in [0.25, 0.3) is 0 Å². The van der Waals surface area contributed by atoms with Crippen molar-refractivity contribution in [2.75, 3.05) is 19.6 Å². The summed E-state index contributed by atoms with van der Waals surface area (Å²) in [5, 5.41) is 18.3. The summed E-state index contributed by atoms with van der Waals surface area (Å²) in [4.78, 5) is 1.96. The Hall–Kier alpha value is -0.560. The van der Waals surface area contributed by atoms with Crippen LogP contribution in [0, 0.1) is 12.3 Å². The molecule has 2 N–H and O–H groups in total. The van der Waals surface area contributed by atoms with E-state index in [1.165, 1.54) is 0 Å². The van der Waals surface area contributed by atoms with Crippen LogP contribution in [0.25, 0.3) is 0 Å². The van der Waals surface area contributed by atoms with Crippen molar-refractivity contribution >= 4 is 0 Å². The van der Waals surface area contributed by atoms with Gasteiger partial charge in [0, 0.05) is 13.1 Å². The fourth-order valence-corrected chi connectivity index (χ4v) is 1.26.